The first-order chi connectivity index (χ1) is 10.2. The number of rotatable bonds is 3. The fraction of sp³-hybridized carbons (Fsp3) is 0.438. The summed E-state index contributed by atoms with van der Waals surface area (Å²) in [7, 11) is 1.54. The number of ether oxygens (including phenoxy) is 1. The number of nitrogens with zero attached hydrogens (tertiary/aromatic N) is 1. The van der Waals surface area contributed by atoms with Gasteiger partial charge in [0, 0.05) is 37.3 Å². The summed E-state index contributed by atoms with van der Waals surface area (Å²) in [5, 5.41) is 1.08. The molecule has 112 valence electrons. The van der Waals surface area contributed by atoms with Crippen LogP contribution in [0.25, 0.3) is 10.9 Å². The van der Waals surface area contributed by atoms with E-state index >= 15 is 0 Å². The number of piperidine rings is 1. The Labute approximate surface area is 122 Å². The lowest BCUT2D eigenvalue weighted by Crippen LogP contribution is -2.39. The van der Waals surface area contributed by atoms with E-state index in [0.717, 1.165) is 36.8 Å². The van der Waals surface area contributed by atoms with Crippen LogP contribution in [0.15, 0.2) is 24.4 Å². The fourth-order valence-corrected chi connectivity index (χ4v) is 3.11. The van der Waals surface area contributed by atoms with E-state index in [0.29, 0.717) is 5.92 Å². The van der Waals surface area contributed by atoms with E-state index in [4.69, 9.17) is 4.74 Å². The number of nitrogens with one attached hydrogen (secondary N) is 1. The second-order valence-electron chi connectivity index (χ2n) is 5.52. The summed E-state index contributed by atoms with van der Waals surface area (Å²) in [5.41, 5.74) is 2.06. The number of aromatic nitrogens is 1. The number of fused-ring (bicyclic) bond motifs is 1. The maximum atomic E-state index is 13.2. The first-order valence-corrected chi connectivity index (χ1v) is 7.22. The molecular formula is C16H19FN2O2. The van der Waals surface area contributed by atoms with Crippen LogP contribution in [0, 0.1) is 5.82 Å². The molecule has 1 fully saturated rings. The summed E-state index contributed by atoms with van der Waals surface area (Å²) >= 11 is 0. The second kappa shape index (κ2) is 5.85. The number of benzene rings is 1. The van der Waals surface area contributed by atoms with Crippen molar-refractivity contribution >= 4 is 16.8 Å². The molecule has 0 radical (unpaired) electrons. The summed E-state index contributed by atoms with van der Waals surface area (Å²) in [4.78, 5) is 16.8. The molecule has 1 amide bonds. The Bertz CT molecular complexity index is 645. The molecule has 0 saturated carbocycles. The van der Waals surface area contributed by atoms with Crippen LogP contribution in [0.2, 0.25) is 0 Å². The Morgan fingerprint density at radius 2 is 2.19 bits per heavy atom. The number of H-pyrrole nitrogens is 1. The van der Waals surface area contributed by atoms with E-state index < -0.39 is 0 Å². The van der Waals surface area contributed by atoms with Gasteiger partial charge in [-0.25, -0.2) is 4.39 Å². The number of carbonyl (C=O) groups is 1. The zero-order valence-electron chi connectivity index (χ0n) is 12.1. The molecule has 0 bridgehead atoms. The summed E-state index contributed by atoms with van der Waals surface area (Å²) in [5.74, 6) is 0.239. The van der Waals surface area contributed by atoms with Crippen molar-refractivity contribution in [2.24, 2.45) is 0 Å². The van der Waals surface area contributed by atoms with Crippen LogP contribution in [-0.2, 0) is 9.53 Å². The van der Waals surface area contributed by atoms with Gasteiger partial charge in [-0.15, -0.1) is 0 Å². The molecule has 1 saturated heterocycles. The maximum Gasteiger partial charge on any atom is 0.248 e. The van der Waals surface area contributed by atoms with Crippen LogP contribution >= 0.6 is 0 Å². The number of aromatic amines is 1. The van der Waals surface area contributed by atoms with Gasteiger partial charge in [-0.1, -0.05) is 0 Å². The standard InChI is InChI=1S/C16H19FN2O2/c1-21-10-16(20)19-6-4-11(5-7-19)14-9-18-15-8-12(17)2-3-13(14)15/h2-3,8-9,11,18H,4-7,10H2,1H3. The SMILES string of the molecule is COCC(=O)N1CCC(c2c[nH]c3cc(F)ccc23)CC1. The lowest BCUT2D eigenvalue weighted by molar-refractivity contribution is -0.136. The minimum Gasteiger partial charge on any atom is -0.375 e. The molecule has 2 aromatic rings. The van der Waals surface area contributed by atoms with Crippen LogP contribution < -0.4 is 0 Å². The predicted molar refractivity (Wildman–Crippen MR) is 78.7 cm³/mol. The third-order valence-corrected chi connectivity index (χ3v) is 4.23. The molecular weight excluding hydrogens is 271 g/mol. The average Bonchev–Trinajstić information content (AvgIpc) is 2.90. The Morgan fingerprint density at radius 3 is 2.90 bits per heavy atom. The van der Waals surface area contributed by atoms with Crippen LogP contribution in [0.1, 0.15) is 24.3 Å². The summed E-state index contributed by atoms with van der Waals surface area (Å²) in [6.45, 7) is 1.65. The Morgan fingerprint density at radius 1 is 1.43 bits per heavy atom. The van der Waals surface area contributed by atoms with E-state index in [-0.39, 0.29) is 18.3 Å². The number of halogens is 1. The van der Waals surface area contributed by atoms with E-state index in [1.165, 1.54) is 24.8 Å². The molecule has 1 aromatic heterocycles. The summed E-state index contributed by atoms with van der Waals surface area (Å²) in [6.07, 6.45) is 3.83. The molecule has 1 aliphatic heterocycles. The molecule has 5 heteroatoms. The van der Waals surface area contributed by atoms with Crippen molar-refractivity contribution in [3.8, 4) is 0 Å². The van der Waals surface area contributed by atoms with Crippen molar-refractivity contribution in [1.82, 2.24) is 9.88 Å². The van der Waals surface area contributed by atoms with Crippen LogP contribution in [0.4, 0.5) is 4.39 Å². The molecule has 0 unspecified atom stereocenters. The molecule has 2 heterocycles. The van der Waals surface area contributed by atoms with Crippen molar-refractivity contribution in [3.05, 3.63) is 35.8 Å². The molecule has 1 aliphatic rings. The van der Waals surface area contributed by atoms with E-state index in [1.807, 2.05) is 17.2 Å². The van der Waals surface area contributed by atoms with Gasteiger partial charge in [0.2, 0.25) is 5.91 Å². The molecule has 0 spiro atoms. The highest BCUT2D eigenvalue weighted by atomic mass is 19.1. The Kier molecular flexibility index (Phi) is 3.92. The molecule has 21 heavy (non-hydrogen) atoms. The van der Waals surface area contributed by atoms with Crippen molar-refractivity contribution in [2.75, 3.05) is 26.8 Å². The molecule has 4 nitrogen and oxygen atoms in total. The van der Waals surface area contributed by atoms with Crippen LogP contribution in [0.3, 0.4) is 0 Å². The van der Waals surface area contributed by atoms with Gasteiger partial charge in [-0.3, -0.25) is 4.79 Å². The second-order valence-corrected chi connectivity index (χ2v) is 5.52. The van der Waals surface area contributed by atoms with E-state index in [2.05, 4.69) is 4.98 Å². The quantitative estimate of drug-likeness (QED) is 0.944. The minimum absolute atomic E-state index is 0.0527. The van der Waals surface area contributed by atoms with Gasteiger partial charge in [0.25, 0.3) is 0 Å². The smallest absolute Gasteiger partial charge is 0.248 e. The highest BCUT2D eigenvalue weighted by Crippen LogP contribution is 2.33. The molecule has 3 rings (SSSR count). The van der Waals surface area contributed by atoms with Crippen molar-refractivity contribution in [2.45, 2.75) is 18.8 Å². The van der Waals surface area contributed by atoms with Gasteiger partial charge < -0.3 is 14.6 Å². The fourth-order valence-electron chi connectivity index (χ4n) is 3.11. The Balaban J connectivity index is 1.72. The van der Waals surface area contributed by atoms with Crippen molar-refractivity contribution in [1.29, 1.82) is 0 Å². The lowest BCUT2D eigenvalue weighted by Gasteiger charge is -2.31. The predicted octanol–water partition coefficient (Wildman–Crippen LogP) is 2.66. The van der Waals surface area contributed by atoms with Gasteiger partial charge in [0.05, 0.1) is 0 Å². The molecule has 0 aliphatic carbocycles. The zero-order valence-corrected chi connectivity index (χ0v) is 12.1. The Hall–Kier alpha value is -1.88. The molecule has 1 aromatic carbocycles. The van der Waals surface area contributed by atoms with Crippen molar-refractivity contribution in [3.63, 3.8) is 0 Å². The third-order valence-electron chi connectivity index (χ3n) is 4.23. The van der Waals surface area contributed by atoms with E-state index in [9.17, 15) is 9.18 Å². The normalized spacial score (nSPS) is 16.6. The van der Waals surface area contributed by atoms with Gasteiger partial charge in [-0.2, -0.15) is 0 Å². The monoisotopic (exact) mass is 290 g/mol. The first-order valence-electron chi connectivity index (χ1n) is 7.22. The summed E-state index contributed by atoms with van der Waals surface area (Å²) in [6, 6.07) is 4.85. The largest absolute Gasteiger partial charge is 0.375 e. The highest BCUT2D eigenvalue weighted by molar-refractivity contribution is 5.84. The first kappa shape index (κ1) is 14.1. The van der Waals surface area contributed by atoms with Gasteiger partial charge in [0.1, 0.15) is 12.4 Å². The van der Waals surface area contributed by atoms with Gasteiger partial charge >= 0.3 is 0 Å². The molecule has 1 N–H and O–H groups in total. The summed E-state index contributed by atoms with van der Waals surface area (Å²) < 4.78 is 18.1. The number of hydrogen-bond acceptors (Lipinski definition) is 2. The third kappa shape index (κ3) is 2.78. The van der Waals surface area contributed by atoms with Crippen LogP contribution in [-0.4, -0.2) is 42.6 Å². The van der Waals surface area contributed by atoms with E-state index in [1.54, 1.807) is 0 Å². The van der Waals surface area contributed by atoms with Gasteiger partial charge in [-0.05, 0) is 42.5 Å². The number of amides is 1. The lowest BCUT2D eigenvalue weighted by atomic mass is 9.89. The number of carbonyl (C=O) groups excluding carboxylic acids is 1. The minimum atomic E-state index is -0.226. The van der Waals surface area contributed by atoms with Gasteiger partial charge in [0.15, 0.2) is 0 Å². The van der Waals surface area contributed by atoms with Crippen LogP contribution in [0.5, 0.6) is 0 Å². The highest BCUT2D eigenvalue weighted by Gasteiger charge is 2.25. The number of hydrogen-bond donors (Lipinski definition) is 1. The average molecular weight is 290 g/mol. The topological polar surface area (TPSA) is 45.3 Å². The number of methoxy groups -OCH3 is 1. The van der Waals surface area contributed by atoms with Crippen molar-refractivity contribution < 1.29 is 13.9 Å². The molecule has 0 atom stereocenters. The zero-order chi connectivity index (χ0) is 14.8. The maximum absolute atomic E-state index is 13.2. The number of likely N-dealkylation sites (tertiary alicyclic amines) is 1.